The monoisotopic (exact) mass is 530 g/mol. The molecule has 0 bridgehead atoms. The molecule has 0 aromatic heterocycles. The van der Waals surface area contributed by atoms with Gasteiger partial charge in [0.2, 0.25) is 11.8 Å². The first-order valence-electron chi connectivity index (χ1n) is 9.65. The number of halogens is 3. The highest BCUT2D eigenvalue weighted by Gasteiger charge is 2.26. The van der Waals surface area contributed by atoms with Crippen molar-refractivity contribution in [2.75, 3.05) is 12.3 Å². The Morgan fingerprint density at radius 1 is 1.17 bits per heavy atom. The number of nitrogens with zero attached hydrogens (tertiary/aromatic N) is 1. The van der Waals surface area contributed by atoms with E-state index in [2.05, 4.69) is 21.2 Å². The predicted octanol–water partition coefficient (Wildman–Crippen LogP) is 5.93. The van der Waals surface area contributed by atoms with Gasteiger partial charge in [-0.25, -0.2) is 0 Å². The fraction of sp³-hybridized carbons (Fsp3) is 0.364. The van der Waals surface area contributed by atoms with E-state index in [9.17, 15) is 9.59 Å². The van der Waals surface area contributed by atoms with Crippen molar-refractivity contribution in [1.29, 1.82) is 0 Å². The minimum absolute atomic E-state index is 0.109. The molecular formula is C22H25BrCl2N2O2S. The van der Waals surface area contributed by atoms with Crippen LogP contribution in [0.5, 0.6) is 0 Å². The van der Waals surface area contributed by atoms with Gasteiger partial charge in [0.05, 0.1) is 5.75 Å². The van der Waals surface area contributed by atoms with Crippen molar-refractivity contribution in [2.45, 2.75) is 38.6 Å². The molecule has 162 valence electrons. The van der Waals surface area contributed by atoms with Crippen molar-refractivity contribution >= 4 is 62.7 Å². The average molecular weight is 532 g/mol. The van der Waals surface area contributed by atoms with E-state index in [0.717, 1.165) is 22.0 Å². The van der Waals surface area contributed by atoms with E-state index in [-0.39, 0.29) is 17.6 Å². The molecule has 0 saturated heterocycles. The van der Waals surface area contributed by atoms with Gasteiger partial charge in [-0.1, -0.05) is 64.3 Å². The third-order valence-electron chi connectivity index (χ3n) is 4.49. The Morgan fingerprint density at radius 2 is 1.83 bits per heavy atom. The lowest BCUT2D eigenvalue weighted by Gasteiger charge is -2.29. The molecule has 2 aromatic rings. The lowest BCUT2D eigenvalue weighted by Crippen LogP contribution is -2.48. The van der Waals surface area contributed by atoms with Crippen LogP contribution in [0.4, 0.5) is 0 Å². The van der Waals surface area contributed by atoms with Crippen LogP contribution in [-0.4, -0.2) is 35.1 Å². The van der Waals surface area contributed by atoms with Gasteiger partial charge in [0.15, 0.2) is 0 Å². The van der Waals surface area contributed by atoms with E-state index in [0.29, 0.717) is 28.9 Å². The van der Waals surface area contributed by atoms with Gasteiger partial charge in [-0.05, 0) is 48.7 Å². The molecule has 0 aliphatic rings. The lowest BCUT2D eigenvalue weighted by molar-refractivity contribution is -0.138. The van der Waals surface area contributed by atoms with E-state index in [1.165, 1.54) is 11.8 Å². The topological polar surface area (TPSA) is 49.4 Å². The first-order valence-corrected chi connectivity index (χ1v) is 12.4. The number of carbonyl (C=O) groups excluding carboxylic acids is 2. The lowest BCUT2D eigenvalue weighted by atomic mass is 10.1. The molecule has 1 atom stereocenters. The molecule has 8 heteroatoms. The van der Waals surface area contributed by atoms with Crippen LogP contribution in [0.3, 0.4) is 0 Å². The van der Waals surface area contributed by atoms with Crippen LogP contribution in [0.15, 0.2) is 46.9 Å². The fourth-order valence-corrected chi connectivity index (χ4v) is 4.90. The van der Waals surface area contributed by atoms with Gasteiger partial charge >= 0.3 is 0 Å². The van der Waals surface area contributed by atoms with Crippen LogP contribution in [0, 0.1) is 0 Å². The number of nitrogens with one attached hydrogen (secondary N) is 1. The highest BCUT2D eigenvalue weighted by molar-refractivity contribution is 9.10. The van der Waals surface area contributed by atoms with E-state index in [4.69, 9.17) is 23.2 Å². The van der Waals surface area contributed by atoms with Gasteiger partial charge in [-0.2, -0.15) is 0 Å². The van der Waals surface area contributed by atoms with Crippen LogP contribution in [0.2, 0.25) is 10.0 Å². The SMILES string of the molecule is CCCNC(=O)[C@@H](C)N(Cc1cccc(Br)c1)C(=O)CSCc1c(Cl)cccc1Cl. The van der Waals surface area contributed by atoms with E-state index in [1.54, 1.807) is 30.0 Å². The van der Waals surface area contributed by atoms with Crippen molar-refractivity contribution in [2.24, 2.45) is 0 Å². The zero-order valence-electron chi connectivity index (χ0n) is 17.0. The molecule has 0 saturated carbocycles. The number of amides is 2. The molecule has 0 radical (unpaired) electrons. The summed E-state index contributed by atoms with van der Waals surface area (Å²) in [6.07, 6.45) is 0.840. The molecule has 30 heavy (non-hydrogen) atoms. The first kappa shape index (κ1) is 25.1. The van der Waals surface area contributed by atoms with Crippen molar-refractivity contribution in [3.63, 3.8) is 0 Å². The van der Waals surface area contributed by atoms with Gasteiger partial charge in [-0.3, -0.25) is 9.59 Å². The highest BCUT2D eigenvalue weighted by atomic mass is 79.9. The fourth-order valence-electron chi connectivity index (χ4n) is 2.80. The van der Waals surface area contributed by atoms with Crippen molar-refractivity contribution < 1.29 is 9.59 Å². The van der Waals surface area contributed by atoms with Gasteiger partial charge in [0, 0.05) is 33.4 Å². The van der Waals surface area contributed by atoms with E-state index >= 15 is 0 Å². The largest absolute Gasteiger partial charge is 0.354 e. The van der Waals surface area contributed by atoms with Gasteiger partial charge in [0.25, 0.3) is 0 Å². The molecule has 0 spiro atoms. The minimum Gasteiger partial charge on any atom is -0.354 e. The molecule has 2 amide bonds. The molecule has 0 unspecified atom stereocenters. The van der Waals surface area contributed by atoms with E-state index < -0.39 is 6.04 Å². The van der Waals surface area contributed by atoms with Gasteiger partial charge < -0.3 is 10.2 Å². The summed E-state index contributed by atoms with van der Waals surface area (Å²) >= 11 is 17.3. The van der Waals surface area contributed by atoms with Gasteiger partial charge in [0.1, 0.15) is 6.04 Å². The average Bonchev–Trinajstić information content (AvgIpc) is 2.71. The number of benzene rings is 2. The molecule has 1 N–H and O–H groups in total. The molecule has 0 heterocycles. The summed E-state index contributed by atoms with van der Waals surface area (Å²) in [7, 11) is 0. The Labute approximate surface area is 200 Å². The summed E-state index contributed by atoms with van der Waals surface area (Å²) < 4.78 is 0.929. The molecule has 0 fully saturated rings. The maximum Gasteiger partial charge on any atom is 0.242 e. The minimum atomic E-state index is -0.576. The molecule has 4 nitrogen and oxygen atoms in total. The second-order valence-electron chi connectivity index (χ2n) is 6.81. The summed E-state index contributed by atoms with van der Waals surface area (Å²) in [5.41, 5.74) is 1.76. The smallest absolute Gasteiger partial charge is 0.242 e. The summed E-state index contributed by atoms with van der Waals surface area (Å²) in [6.45, 7) is 4.69. The normalized spacial score (nSPS) is 11.8. The quantitative estimate of drug-likeness (QED) is 0.413. The molecule has 2 rings (SSSR count). The first-order chi connectivity index (χ1) is 14.3. The van der Waals surface area contributed by atoms with Crippen LogP contribution in [-0.2, 0) is 21.9 Å². The van der Waals surface area contributed by atoms with Crippen molar-refractivity contribution in [3.8, 4) is 0 Å². The van der Waals surface area contributed by atoms with Crippen molar-refractivity contribution in [1.82, 2.24) is 10.2 Å². The van der Waals surface area contributed by atoms with Crippen LogP contribution in [0.1, 0.15) is 31.4 Å². The van der Waals surface area contributed by atoms with Crippen LogP contribution >= 0.6 is 50.9 Å². The summed E-state index contributed by atoms with van der Waals surface area (Å²) in [6, 6.07) is 12.5. The number of hydrogen-bond acceptors (Lipinski definition) is 3. The maximum atomic E-state index is 13.1. The summed E-state index contributed by atoms with van der Waals surface area (Å²) in [5, 5.41) is 4.05. The Balaban J connectivity index is 2.09. The Hall–Kier alpha value is -1.21. The second kappa shape index (κ2) is 12.6. The third kappa shape index (κ3) is 7.49. The number of thioether (sulfide) groups is 1. The second-order valence-corrected chi connectivity index (χ2v) is 9.53. The molecule has 2 aromatic carbocycles. The van der Waals surface area contributed by atoms with Crippen LogP contribution < -0.4 is 5.32 Å². The summed E-state index contributed by atoms with van der Waals surface area (Å²) in [4.78, 5) is 27.2. The standard InChI is InChI=1S/C22H25BrCl2N2O2S/c1-3-10-26-22(29)15(2)27(12-16-6-4-7-17(23)11-16)21(28)14-30-13-18-19(24)8-5-9-20(18)25/h4-9,11,15H,3,10,12-14H2,1-2H3,(H,26,29)/t15-/m1/s1. The zero-order chi connectivity index (χ0) is 22.1. The molecule has 0 aliphatic heterocycles. The maximum absolute atomic E-state index is 13.1. The zero-order valence-corrected chi connectivity index (χ0v) is 20.9. The Bertz CT molecular complexity index is 862. The molecular weight excluding hydrogens is 507 g/mol. The van der Waals surface area contributed by atoms with Crippen molar-refractivity contribution in [3.05, 3.63) is 68.1 Å². The Kier molecular flexibility index (Phi) is 10.5. The molecule has 0 aliphatic carbocycles. The van der Waals surface area contributed by atoms with Gasteiger partial charge in [-0.15, -0.1) is 11.8 Å². The van der Waals surface area contributed by atoms with Crippen LogP contribution in [0.25, 0.3) is 0 Å². The Morgan fingerprint density at radius 3 is 2.47 bits per heavy atom. The number of rotatable bonds is 10. The predicted molar refractivity (Wildman–Crippen MR) is 130 cm³/mol. The van der Waals surface area contributed by atoms with E-state index in [1.807, 2.05) is 31.2 Å². The third-order valence-corrected chi connectivity index (χ3v) is 6.64. The summed E-state index contributed by atoms with van der Waals surface area (Å²) in [5.74, 6) is 0.480. The highest BCUT2D eigenvalue weighted by Crippen LogP contribution is 2.28. The number of hydrogen-bond donors (Lipinski definition) is 1. The number of carbonyl (C=O) groups is 2.